The van der Waals surface area contributed by atoms with Crippen molar-refractivity contribution in [1.82, 2.24) is 5.32 Å². The summed E-state index contributed by atoms with van der Waals surface area (Å²) in [6, 6.07) is 5.41. The maximum Gasteiger partial charge on any atom is 0.259 e. The molecule has 0 aliphatic carbocycles. The Labute approximate surface area is 122 Å². The van der Waals surface area contributed by atoms with E-state index in [1.807, 2.05) is 6.92 Å². The molecule has 0 radical (unpaired) electrons. The van der Waals surface area contributed by atoms with Gasteiger partial charge in [0.2, 0.25) is 0 Å². The number of amides is 1. The van der Waals surface area contributed by atoms with Crippen LogP contribution in [0.4, 0.5) is 0 Å². The largest absolute Gasteiger partial charge is 0.496 e. The molecule has 0 heterocycles. The number of rotatable bonds is 7. The lowest BCUT2D eigenvalue weighted by Crippen LogP contribution is -2.33. The van der Waals surface area contributed by atoms with Crippen LogP contribution in [0.25, 0.3) is 0 Å². The van der Waals surface area contributed by atoms with E-state index in [-0.39, 0.29) is 11.9 Å². The van der Waals surface area contributed by atoms with Gasteiger partial charge in [-0.05, 0) is 31.9 Å². The normalized spacial score (nSPS) is 11.8. The fourth-order valence-electron chi connectivity index (χ4n) is 1.83. The van der Waals surface area contributed by atoms with E-state index < -0.39 is 0 Å². The molecule has 0 aliphatic rings. The molecule has 1 amide bonds. The van der Waals surface area contributed by atoms with Gasteiger partial charge in [-0.15, -0.1) is 0 Å². The first kappa shape index (κ1) is 15.8. The molecular weight excluding hydrogens is 310 g/mol. The van der Waals surface area contributed by atoms with Crippen LogP contribution in [-0.4, -0.2) is 31.5 Å². The van der Waals surface area contributed by atoms with Gasteiger partial charge in [0.25, 0.3) is 5.91 Å². The van der Waals surface area contributed by atoms with Gasteiger partial charge >= 0.3 is 0 Å². The van der Waals surface area contributed by atoms with Crippen molar-refractivity contribution in [2.45, 2.75) is 25.8 Å². The molecule has 0 spiro atoms. The number of benzene rings is 1. The third kappa shape index (κ3) is 4.42. The number of carbonyl (C=O) groups is 1. The van der Waals surface area contributed by atoms with E-state index in [2.05, 4.69) is 21.2 Å². The lowest BCUT2D eigenvalue weighted by Gasteiger charge is -2.16. The molecule has 0 saturated heterocycles. The molecule has 1 rings (SSSR count). The molecular formula is C14H20BrNO3. The topological polar surface area (TPSA) is 47.6 Å². The van der Waals surface area contributed by atoms with Crippen molar-refractivity contribution in [2.75, 3.05) is 19.5 Å². The minimum absolute atomic E-state index is 0.111. The molecule has 0 aliphatic heterocycles. The molecule has 0 fully saturated rings. The van der Waals surface area contributed by atoms with Gasteiger partial charge in [0.1, 0.15) is 17.1 Å². The van der Waals surface area contributed by atoms with Gasteiger partial charge in [0.05, 0.1) is 14.2 Å². The van der Waals surface area contributed by atoms with Crippen molar-refractivity contribution in [1.29, 1.82) is 0 Å². The molecule has 5 heteroatoms. The number of alkyl halides is 1. The first-order chi connectivity index (χ1) is 9.13. The van der Waals surface area contributed by atoms with Crippen LogP contribution < -0.4 is 14.8 Å². The fraction of sp³-hybridized carbons (Fsp3) is 0.500. The zero-order chi connectivity index (χ0) is 14.3. The summed E-state index contributed by atoms with van der Waals surface area (Å²) in [5.41, 5.74) is 0.443. The van der Waals surface area contributed by atoms with E-state index in [0.717, 1.165) is 18.2 Å². The minimum Gasteiger partial charge on any atom is -0.496 e. The highest BCUT2D eigenvalue weighted by atomic mass is 79.9. The number of ether oxygens (including phenoxy) is 2. The number of halogens is 1. The fourth-order valence-corrected chi connectivity index (χ4v) is 2.15. The quantitative estimate of drug-likeness (QED) is 0.782. The monoisotopic (exact) mass is 329 g/mol. The Morgan fingerprint density at radius 2 is 1.89 bits per heavy atom. The van der Waals surface area contributed by atoms with E-state index in [1.165, 1.54) is 0 Å². The summed E-state index contributed by atoms with van der Waals surface area (Å²) in [6.07, 6.45) is 1.94. The molecule has 0 aromatic heterocycles. The highest BCUT2D eigenvalue weighted by Crippen LogP contribution is 2.28. The zero-order valence-electron chi connectivity index (χ0n) is 11.5. The molecule has 106 valence electrons. The second kappa shape index (κ2) is 8.04. The first-order valence-corrected chi connectivity index (χ1v) is 7.34. The van der Waals surface area contributed by atoms with Crippen LogP contribution >= 0.6 is 15.9 Å². The molecule has 4 nitrogen and oxygen atoms in total. The Balaban J connectivity index is 2.86. The molecule has 0 saturated carbocycles. The summed E-state index contributed by atoms with van der Waals surface area (Å²) < 4.78 is 10.4. The van der Waals surface area contributed by atoms with Crippen molar-refractivity contribution in [3.8, 4) is 11.5 Å². The summed E-state index contributed by atoms with van der Waals surface area (Å²) in [5, 5.41) is 3.90. The zero-order valence-corrected chi connectivity index (χ0v) is 13.1. The van der Waals surface area contributed by atoms with E-state index in [0.29, 0.717) is 17.1 Å². The van der Waals surface area contributed by atoms with Crippen LogP contribution in [0.1, 0.15) is 30.1 Å². The van der Waals surface area contributed by atoms with Gasteiger partial charge in [-0.3, -0.25) is 4.79 Å². The van der Waals surface area contributed by atoms with Crippen LogP contribution in [0, 0.1) is 0 Å². The lowest BCUT2D eigenvalue weighted by molar-refractivity contribution is 0.0932. The first-order valence-electron chi connectivity index (χ1n) is 6.21. The average molecular weight is 330 g/mol. The Hall–Kier alpha value is -1.23. The highest BCUT2D eigenvalue weighted by Gasteiger charge is 2.19. The minimum atomic E-state index is -0.170. The van der Waals surface area contributed by atoms with Gasteiger partial charge in [-0.2, -0.15) is 0 Å². The molecule has 0 bridgehead atoms. The number of methoxy groups -OCH3 is 2. The van der Waals surface area contributed by atoms with Gasteiger partial charge in [-0.1, -0.05) is 22.0 Å². The lowest BCUT2D eigenvalue weighted by atomic mass is 10.1. The van der Waals surface area contributed by atoms with Gasteiger partial charge in [0, 0.05) is 11.4 Å². The van der Waals surface area contributed by atoms with Crippen molar-refractivity contribution in [3.63, 3.8) is 0 Å². The molecule has 19 heavy (non-hydrogen) atoms. The summed E-state index contributed by atoms with van der Waals surface area (Å²) in [5.74, 6) is 0.866. The average Bonchev–Trinajstić information content (AvgIpc) is 2.43. The van der Waals surface area contributed by atoms with Crippen LogP contribution in [0.5, 0.6) is 11.5 Å². The van der Waals surface area contributed by atoms with Crippen LogP contribution in [0.2, 0.25) is 0 Å². The Bertz CT molecular complexity index is 401. The van der Waals surface area contributed by atoms with E-state index in [4.69, 9.17) is 9.47 Å². The summed E-state index contributed by atoms with van der Waals surface area (Å²) >= 11 is 3.38. The summed E-state index contributed by atoms with van der Waals surface area (Å²) in [4.78, 5) is 12.3. The maximum atomic E-state index is 12.3. The van der Waals surface area contributed by atoms with Crippen LogP contribution in [-0.2, 0) is 0 Å². The van der Waals surface area contributed by atoms with Crippen molar-refractivity contribution in [2.24, 2.45) is 0 Å². The number of nitrogens with one attached hydrogen (secondary N) is 1. The van der Waals surface area contributed by atoms with E-state index in [9.17, 15) is 4.79 Å². The Kier molecular flexibility index (Phi) is 6.70. The highest BCUT2D eigenvalue weighted by molar-refractivity contribution is 9.09. The van der Waals surface area contributed by atoms with Gasteiger partial charge in [-0.25, -0.2) is 0 Å². The second-order valence-electron chi connectivity index (χ2n) is 4.24. The standard InChI is InChI=1S/C14H20BrNO3/c1-10(6-5-9-15)16-14(17)13-11(18-2)7-4-8-12(13)19-3/h4,7-8,10H,5-6,9H2,1-3H3,(H,16,17). The van der Waals surface area contributed by atoms with Crippen molar-refractivity contribution in [3.05, 3.63) is 23.8 Å². The Morgan fingerprint density at radius 1 is 1.32 bits per heavy atom. The third-order valence-corrected chi connectivity index (χ3v) is 3.36. The molecule has 1 unspecified atom stereocenters. The van der Waals surface area contributed by atoms with Crippen molar-refractivity contribution < 1.29 is 14.3 Å². The molecule has 1 N–H and O–H groups in total. The number of hydrogen-bond donors (Lipinski definition) is 1. The van der Waals surface area contributed by atoms with Crippen LogP contribution in [0.15, 0.2) is 18.2 Å². The molecule has 1 atom stereocenters. The van der Waals surface area contributed by atoms with Crippen LogP contribution in [0.3, 0.4) is 0 Å². The predicted octanol–water partition coefficient (Wildman–Crippen LogP) is 3.00. The molecule has 1 aromatic rings. The third-order valence-electron chi connectivity index (χ3n) is 2.80. The number of hydrogen-bond acceptors (Lipinski definition) is 3. The smallest absolute Gasteiger partial charge is 0.259 e. The summed E-state index contributed by atoms with van der Waals surface area (Å²) in [6.45, 7) is 1.99. The maximum absolute atomic E-state index is 12.3. The van der Waals surface area contributed by atoms with Gasteiger partial charge in [0.15, 0.2) is 0 Å². The van der Waals surface area contributed by atoms with E-state index >= 15 is 0 Å². The molecule has 1 aromatic carbocycles. The van der Waals surface area contributed by atoms with Gasteiger partial charge < -0.3 is 14.8 Å². The SMILES string of the molecule is COc1cccc(OC)c1C(=O)NC(C)CCCBr. The second-order valence-corrected chi connectivity index (χ2v) is 5.04. The van der Waals surface area contributed by atoms with Crippen molar-refractivity contribution >= 4 is 21.8 Å². The summed E-state index contributed by atoms with van der Waals surface area (Å²) in [7, 11) is 3.08. The predicted molar refractivity (Wildman–Crippen MR) is 79.5 cm³/mol. The number of carbonyl (C=O) groups excluding carboxylic acids is 1. The van der Waals surface area contributed by atoms with E-state index in [1.54, 1.807) is 32.4 Å². The Morgan fingerprint density at radius 3 is 2.37 bits per heavy atom.